The summed E-state index contributed by atoms with van der Waals surface area (Å²) in [6, 6.07) is 8.40. The fourth-order valence-electron chi connectivity index (χ4n) is 1.89. The van der Waals surface area contributed by atoms with E-state index in [1.54, 1.807) is 27.7 Å². The number of nitrogens with one attached hydrogen (secondary N) is 1. The molecule has 0 aliphatic rings. The number of carbonyl (C=O) groups is 2. The lowest BCUT2D eigenvalue weighted by molar-refractivity contribution is -0.121. The predicted molar refractivity (Wildman–Crippen MR) is 88.5 cm³/mol. The van der Waals surface area contributed by atoms with Crippen LogP contribution in [0.2, 0.25) is 0 Å². The maximum absolute atomic E-state index is 12.0. The molecule has 7 nitrogen and oxygen atoms in total. The lowest BCUT2D eigenvalue weighted by Crippen LogP contribution is -2.50. The summed E-state index contributed by atoms with van der Waals surface area (Å²) in [7, 11) is 0. The van der Waals surface area contributed by atoms with Crippen LogP contribution in [0.15, 0.2) is 30.3 Å². The number of Topliss-reactive ketones (excluding diaryl/α,β-unsaturated/α-hetero) is 1. The Morgan fingerprint density at radius 2 is 1.92 bits per heavy atom. The Hall–Kier alpha value is -2.50. The Morgan fingerprint density at radius 1 is 1.29 bits per heavy atom. The van der Waals surface area contributed by atoms with Crippen LogP contribution in [-0.2, 0) is 20.9 Å². The molecule has 0 saturated heterocycles. The van der Waals surface area contributed by atoms with Crippen molar-refractivity contribution in [1.82, 2.24) is 5.32 Å². The molecule has 0 unspecified atom stereocenters. The van der Waals surface area contributed by atoms with E-state index in [0.29, 0.717) is 0 Å². The molecule has 7 heteroatoms. The third-order valence-electron chi connectivity index (χ3n) is 2.99. The second-order valence-electron chi connectivity index (χ2n) is 6.27. The molecule has 0 aromatic heterocycles. The van der Waals surface area contributed by atoms with E-state index in [1.807, 2.05) is 30.3 Å². The lowest BCUT2D eigenvalue weighted by atomic mass is 10.1. The SMILES string of the molecule is C[C@@H](OCc1ccccc1)[C@H](NC(=O)OC(C)(C)C)C(=O)C=[N+]=[N-]. The average molecular weight is 333 g/mol. The van der Waals surface area contributed by atoms with Crippen molar-refractivity contribution in [2.45, 2.75) is 52.0 Å². The van der Waals surface area contributed by atoms with Gasteiger partial charge in [-0.05, 0) is 33.3 Å². The number of nitrogens with zero attached hydrogens (tertiary/aromatic N) is 2. The van der Waals surface area contributed by atoms with Gasteiger partial charge in [0.2, 0.25) is 0 Å². The molecule has 0 aliphatic heterocycles. The Labute approximate surface area is 141 Å². The topological polar surface area (TPSA) is 101 Å². The summed E-state index contributed by atoms with van der Waals surface area (Å²) in [6.07, 6.45) is -0.671. The van der Waals surface area contributed by atoms with Crippen molar-refractivity contribution in [1.29, 1.82) is 0 Å². The molecule has 1 N–H and O–H groups in total. The fourth-order valence-corrected chi connectivity index (χ4v) is 1.89. The predicted octanol–water partition coefficient (Wildman–Crippen LogP) is 2.35. The quantitative estimate of drug-likeness (QED) is 0.470. The zero-order valence-electron chi connectivity index (χ0n) is 14.4. The van der Waals surface area contributed by atoms with Gasteiger partial charge < -0.3 is 20.3 Å². The van der Waals surface area contributed by atoms with Crippen LogP contribution < -0.4 is 5.32 Å². The number of hydrogen-bond acceptors (Lipinski definition) is 4. The Kier molecular flexibility index (Phi) is 7.30. The molecular weight excluding hydrogens is 310 g/mol. The van der Waals surface area contributed by atoms with Crippen molar-refractivity contribution in [3.8, 4) is 0 Å². The monoisotopic (exact) mass is 333 g/mol. The van der Waals surface area contributed by atoms with Gasteiger partial charge in [0.25, 0.3) is 5.78 Å². The van der Waals surface area contributed by atoms with Crippen molar-refractivity contribution in [3.63, 3.8) is 0 Å². The summed E-state index contributed by atoms with van der Waals surface area (Å²) in [5, 5.41) is 2.46. The van der Waals surface area contributed by atoms with Crippen LogP contribution in [0.4, 0.5) is 4.79 Å². The average Bonchev–Trinajstić information content (AvgIpc) is 2.50. The number of ether oxygens (including phenoxy) is 2. The molecule has 130 valence electrons. The van der Waals surface area contributed by atoms with Gasteiger partial charge in [0, 0.05) is 0 Å². The van der Waals surface area contributed by atoms with Crippen molar-refractivity contribution in [3.05, 3.63) is 41.4 Å². The van der Waals surface area contributed by atoms with Crippen molar-refractivity contribution in [2.75, 3.05) is 0 Å². The van der Waals surface area contributed by atoms with Gasteiger partial charge in [-0.1, -0.05) is 30.3 Å². The first-order valence-electron chi connectivity index (χ1n) is 7.59. The summed E-state index contributed by atoms with van der Waals surface area (Å²) < 4.78 is 10.8. The molecule has 24 heavy (non-hydrogen) atoms. The minimum Gasteiger partial charge on any atom is -0.444 e. The summed E-state index contributed by atoms with van der Waals surface area (Å²) in [4.78, 5) is 26.7. The van der Waals surface area contributed by atoms with Crippen LogP contribution in [0, 0.1) is 0 Å². The van der Waals surface area contributed by atoms with E-state index in [-0.39, 0.29) is 6.61 Å². The van der Waals surface area contributed by atoms with Crippen LogP contribution in [0.3, 0.4) is 0 Å². The smallest absolute Gasteiger partial charge is 0.408 e. The normalized spacial score (nSPS) is 13.3. The maximum Gasteiger partial charge on any atom is 0.408 e. The van der Waals surface area contributed by atoms with Gasteiger partial charge in [0.15, 0.2) is 0 Å². The second-order valence-corrected chi connectivity index (χ2v) is 6.27. The van der Waals surface area contributed by atoms with E-state index >= 15 is 0 Å². The van der Waals surface area contributed by atoms with E-state index < -0.39 is 29.6 Å². The summed E-state index contributed by atoms with van der Waals surface area (Å²) >= 11 is 0. The van der Waals surface area contributed by atoms with Gasteiger partial charge in [-0.3, -0.25) is 4.79 Å². The highest BCUT2D eigenvalue weighted by Crippen LogP contribution is 2.10. The minimum absolute atomic E-state index is 0.276. The molecule has 0 radical (unpaired) electrons. The molecule has 1 aromatic rings. The van der Waals surface area contributed by atoms with Gasteiger partial charge in [-0.2, -0.15) is 4.79 Å². The Balaban J connectivity index is 2.75. The molecule has 0 aliphatic carbocycles. The summed E-state index contributed by atoms with van der Waals surface area (Å²) in [6.45, 7) is 7.07. The molecule has 0 spiro atoms. The zero-order valence-corrected chi connectivity index (χ0v) is 14.4. The first-order valence-corrected chi connectivity index (χ1v) is 7.59. The number of benzene rings is 1. The molecule has 1 amide bonds. The van der Waals surface area contributed by atoms with Crippen molar-refractivity contribution >= 4 is 18.1 Å². The van der Waals surface area contributed by atoms with E-state index in [4.69, 9.17) is 15.0 Å². The van der Waals surface area contributed by atoms with Gasteiger partial charge in [-0.15, -0.1) is 0 Å². The van der Waals surface area contributed by atoms with E-state index in [1.165, 1.54) is 0 Å². The number of hydrogen-bond donors (Lipinski definition) is 1. The van der Waals surface area contributed by atoms with Crippen LogP contribution in [-0.4, -0.2) is 40.6 Å². The highest BCUT2D eigenvalue weighted by Gasteiger charge is 2.30. The molecule has 1 rings (SSSR count). The van der Waals surface area contributed by atoms with Crippen molar-refractivity contribution in [2.24, 2.45) is 0 Å². The number of carbonyl (C=O) groups excluding carboxylic acids is 2. The number of amides is 1. The van der Waals surface area contributed by atoms with Gasteiger partial charge >= 0.3 is 12.3 Å². The highest BCUT2D eigenvalue weighted by molar-refractivity contribution is 6.28. The summed E-state index contributed by atoms with van der Waals surface area (Å²) in [5.41, 5.74) is 8.80. The lowest BCUT2D eigenvalue weighted by Gasteiger charge is -2.25. The first kappa shape index (κ1) is 19.5. The van der Waals surface area contributed by atoms with E-state index in [0.717, 1.165) is 11.8 Å². The highest BCUT2D eigenvalue weighted by atomic mass is 16.6. The van der Waals surface area contributed by atoms with Gasteiger partial charge in [0.05, 0.1) is 12.7 Å². The maximum atomic E-state index is 12.0. The molecule has 0 bridgehead atoms. The molecule has 0 fully saturated rings. The largest absolute Gasteiger partial charge is 0.444 e. The first-order chi connectivity index (χ1) is 11.2. The fraction of sp³-hybridized carbons (Fsp3) is 0.471. The van der Waals surface area contributed by atoms with E-state index in [2.05, 4.69) is 10.1 Å². The van der Waals surface area contributed by atoms with E-state index in [9.17, 15) is 9.59 Å². The number of rotatable bonds is 7. The van der Waals surface area contributed by atoms with Crippen LogP contribution in [0.5, 0.6) is 0 Å². The second kappa shape index (κ2) is 8.96. The van der Waals surface area contributed by atoms with Crippen LogP contribution in [0.1, 0.15) is 33.3 Å². The minimum atomic E-state index is -1.03. The molecular formula is C17H23N3O4. The van der Waals surface area contributed by atoms with Gasteiger partial charge in [0.1, 0.15) is 11.6 Å². The zero-order chi connectivity index (χ0) is 18.2. The van der Waals surface area contributed by atoms with Crippen molar-refractivity contribution < 1.29 is 23.9 Å². The number of ketones is 1. The third-order valence-corrected chi connectivity index (χ3v) is 2.99. The Bertz CT molecular complexity index is 604. The van der Waals surface area contributed by atoms with Crippen LogP contribution in [0.25, 0.3) is 5.53 Å². The van der Waals surface area contributed by atoms with Gasteiger partial charge in [-0.25, -0.2) is 4.79 Å². The third kappa shape index (κ3) is 7.17. The molecule has 2 atom stereocenters. The molecule has 1 aromatic carbocycles. The Morgan fingerprint density at radius 3 is 2.46 bits per heavy atom. The molecule has 0 heterocycles. The number of alkyl carbamates (subject to hydrolysis) is 1. The molecule has 0 saturated carbocycles. The van der Waals surface area contributed by atoms with Crippen LogP contribution >= 0.6 is 0 Å². The standard InChI is InChI=1S/C17H23N3O4/c1-12(23-11-13-8-6-5-7-9-13)15(14(21)10-19-18)20-16(22)24-17(2,3)4/h5-10,12,15H,11H2,1-4H3,(H,20,22)/t12-,15+/m1/s1. The summed E-state index contributed by atoms with van der Waals surface area (Å²) in [5.74, 6) is -0.594.